The molecule has 10 heteroatoms. The number of nitrogens with one attached hydrogen (secondary N) is 1. The highest BCUT2D eigenvalue weighted by atomic mass is 19.1. The highest BCUT2D eigenvalue weighted by molar-refractivity contribution is 5.90. The number of hydrogen-bond donors (Lipinski definition) is 1. The number of likely N-dealkylation sites (N-methyl/N-ethyl adjacent to an activating group) is 1. The molecule has 42 heavy (non-hydrogen) atoms. The summed E-state index contributed by atoms with van der Waals surface area (Å²) in [5.74, 6) is -3.50. The maximum atomic E-state index is 15.8. The number of ether oxygens (including phenoxy) is 1. The van der Waals surface area contributed by atoms with Gasteiger partial charge in [0.05, 0.1) is 19.1 Å². The van der Waals surface area contributed by atoms with Crippen LogP contribution in [0.2, 0.25) is 0 Å². The van der Waals surface area contributed by atoms with Crippen LogP contribution in [-0.2, 0) is 19.1 Å². The van der Waals surface area contributed by atoms with Crippen molar-refractivity contribution < 1.29 is 32.3 Å². The van der Waals surface area contributed by atoms with Crippen molar-refractivity contribution in [2.24, 2.45) is 5.92 Å². The van der Waals surface area contributed by atoms with Gasteiger partial charge in [-0.05, 0) is 106 Å². The van der Waals surface area contributed by atoms with Crippen molar-refractivity contribution in [1.82, 2.24) is 15.1 Å². The minimum absolute atomic E-state index is 0.0194. The Kier molecular flexibility index (Phi) is 12.3. The van der Waals surface area contributed by atoms with Gasteiger partial charge in [-0.1, -0.05) is 20.4 Å². The summed E-state index contributed by atoms with van der Waals surface area (Å²) >= 11 is 0. The lowest BCUT2D eigenvalue weighted by molar-refractivity contribution is -0.147. The smallest absolute Gasteiger partial charge is 0.308 e. The van der Waals surface area contributed by atoms with E-state index in [0.29, 0.717) is 22.3 Å². The van der Waals surface area contributed by atoms with Crippen LogP contribution in [0, 0.1) is 38.3 Å². The topological polar surface area (TPSA) is 79.0 Å². The van der Waals surface area contributed by atoms with E-state index < -0.39 is 54.2 Å². The first-order valence-electron chi connectivity index (χ1n) is 13.9. The molecule has 0 saturated heterocycles. The largest absolute Gasteiger partial charge is 0.466 e. The van der Waals surface area contributed by atoms with Gasteiger partial charge in [0.15, 0.2) is 0 Å². The molecule has 0 heterocycles. The molecule has 0 aliphatic carbocycles. The molecule has 0 aromatic heterocycles. The van der Waals surface area contributed by atoms with E-state index in [-0.39, 0.29) is 30.1 Å². The third-order valence-corrected chi connectivity index (χ3v) is 6.88. The van der Waals surface area contributed by atoms with Gasteiger partial charge in [-0.2, -0.15) is 0 Å². The summed E-state index contributed by atoms with van der Waals surface area (Å²) in [5, 5.41) is 2.73. The molecule has 7 nitrogen and oxygen atoms in total. The summed E-state index contributed by atoms with van der Waals surface area (Å²) in [5.41, 5.74) is 2.81. The van der Waals surface area contributed by atoms with Crippen molar-refractivity contribution in [2.75, 3.05) is 20.7 Å². The molecule has 2 unspecified atom stereocenters. The Morgan fingerprint density at radius 1 is 1.02 bits per heavy atom. The average molecular weight is 590 g/mol. The zero-order valence-corrected chi connectivity index (χ0v) is 25.7. The highest BCUT2D eigenvalue weighted by Gasteiger charge is 2.36. The average Bonchev–Trinajstić information content (AvgIpc) is 2.88. The number of carbonyl (C=O) groups excluding carboxylic acids is 3. The second-order valence-electron chi connectivity index (χ2n) is 11.1. The molecule has 0 spiro atoms. The Morgan fingerprint density at radius 2 is 1.62 bits per heavy atom. The second-order valence-corrected chi connectivity index (χ2v) is 11.1. The third-order valence-electron chi connectivity index (χ3n) is 6.88. The van der Waals surface area contributed by atoms with E-state index in [1.807, 2.05) is 13.8 Å². The van der Waals surface area contributed by atoms with Crippen LogP contribution in [0.4, 0.5) is 13.2 Å². The van der Waals surface area contributed by atoms with Gasteiger partial charge in [0.1, 0.15) is 17.7 Å². The van der Waals surface area contributed by atoms with E-state index in [1.54, 1.807) is 33.8 Å². The molecular weight excluding hydrogens is 547 g/mol. The maximum absolute atomic E-state index is 15.8. The molecule has 0 fully saturated rings. The monoisotopic (exact) mass is 589 g/mol. The molecule has 2 aromatic carbocycles. The minimum atomic E-state index is -2.03. The zero-order chi connectivity index (χ0) is 31.9. The van der Waals surface area contributed by atoms with Crippen LogP contribution in [0.25, 0.3) is 11.1 Å². The number of amides is 2. The Hall–Kier alpha value is -3.66. The van der Waals surface area contributed by atoms with E-state index in [9.17, 15) is 23.2 Å². The van der Waals surface area contributed by atoms with Crippen molar-refractivity contribution in [2.45, 2.75) is 72.8 Å². The summed E-state index contributed by atoms with van der Waals surface area (Å²) in [6.45, 7) is 14.0. The fourth-order valence-corrected chi connectivity index (χ4v) is 4.96. The summed E-state index contributed by atoms with van der Waals surface area (Å²) in [7, 11) is 2.78. The molecule has 230 valence electrons. The van der Waals surface area contributed by atoms with E-state index in [1.165, 1.54) is 32.3 Å². The molecule has 1 N–H and O–H groups in total. The number of rotatable bonds is 13. The van der Waals surface area contributed by atoms with Gasteiger partial charge in [0.2, 0.25) is 12.2 Å². The summed E-state index contributed by atoms with van der Waals surface area (Å²) < 4.78 is 49.6. The van der Waals surface area contributed by atoms with E-state index in [0.717, 1.165) is 16.0 Å². The van der Waals surface area contributed by atoms with E-state index in [4.69, 9.17) is 4.74 Å². The summed E-state index contributed by atoms with van der Waals surface area (Å²) in [6, 6.07) is 3.52. The predicted octanol–water partition coefficient (Wildman–Crippen LogP) is 5.91. The predicted molar refractivity (Wildman–Crippen MR) is 157 cm³/mol. The zero-order valence-electron chi connectivity index (χ0n) is 25.7. The maximum Gasteiger partial charge on any atom is 0.308 e. The lowest BCUT2D eigenvalue weighted by Crippen LogP contribution is -2.52. The molecule has 0 radical (unpaired) electrons. The first-order valence-corrected chi connectivity index (χ1v) is 13.9. The highest BCUT2D eigenvalue weighted by Crippen LogP contribution is 2.34. The van der Waals surface area contributed by atoms with Crippen molar-refractivity contribution >= 4 is 17.8 Å². The summed E-state index contributed by atoms with van der Waals surface area (Å²) in [6.07, 6.45) is -1.19. The van der Waals surface area contributed by atoms with Gasteiger partial charge in [-0.15, -0.1) is 0 Å². The number of esters is 1. The lowest BCUT2D eigenvalue weighted by atomic mass is 9.90. The standard InChI is InChI=1S/C32H42F3N3O4/c1-10-38(32(41)30(35)37(8)9)26(12-18(3)4)31(40)36-25(17-27(39)42-11-2)24-16-22(13-21(7)29(24)34)28-19(5)14-23(33)15-20(28)6/h10,13-16,18,25-26,30H,1,11-12,17H2,2-9H3,(H,36,40)/t25-,26?,30?/m0/s1. The number of aryl methyl sites for hydroxylation is 3. The number of carbonyl (C=O) groups is 3. The third kappa shape index (κ3) is 8.44. The van der Waals surface area contributed by atoms with Gasteiger partial charge in [0.25, 0.3) is 5.91 Å². The van der Waals surface area contributed by atoms with Crippen LogP contribution in [0.15, 0.2) is 37.0 Å². The van der Waals surface area contributed by atoms with Gasteiger partial charge in [0, 0.05) is 11.8 Å². The molecule has 0 aliphatic heterocycles. The normalized spacial score (nSPS) is 13.5. The summed E-state index contributed by atoms with van der Waals surface area (Å²) in [4.78, 5) is 41.4. The van der Waals surface area contributed by atoms with Crippen LogP contribution >= 0.6 is 0 Å². The van der Waals surface area contributed by atoms with Crippen LogP contribution in [0.3, 0.4) is 0 Å². The Labute approximate surface area is 246 Å². The van der Waals surface area contributed by atoms with Gasteiger partial charge in [-0.3, -0.25) is 19.3 Å². The SMILES string of the molecule is C=CN(C(=O)C(F)N(C)C)C(CC(C)C)C(=O)N[C@@H](CC(=O)OCC)c1cc(-c2c(C)cc(F)cc2C)cc(C)c1F. The van der Waals surface area contributed by atoms with Gasteiger partial charge >= 0.3 is 5.97 Å². The number of hydrogen-bond acceptors (Lipinski definition) is 5. The molecule has 0 aliphatic rings. The van der Waals surface area contributed by atoms with Crippen molar-refractivity contribution in [1.29, 1.82) is 0 Å². The first-order chi connectivity index (χ1) is 19.6. The number of nitrogens with zero attached hydrogens (tertiary/aromatic N) is 2. The lowest BCUT2D eigenvalue weighted by Gasteiger charge is -2.32. The van der Waals surface area contributed by atoms with Crippen molar-refractivity contribution in [3.63, 3.8) is 0 Å². The quantitative estimate of drug-likeness (QED) is 0.232. The molecule has 2 aromatic rings. The van der Waals surface area contributed by atoms with E-state index in [2.05, 4.69) is 11.9 Å². The fraction of sp³-hybridized carbons (Fsp3) is 0.469. The molecule has 0 bridgehead atoms. The number of halogens is 3. The van der Waals surface area contributed by atoms with Gasteiger partial charge in [-0.25, -0.2) is 13.2 Å². The Balaban J connectivity index is 2.65. The van der Waals surface area contributed by atoms with Gasteiger partial charge < -0.3 is 15.0 Å². The fourth-order valence-electron chi connectivity index (χ4n) is 4.96. The molecule has 3 atom stereocenters. The molecule has 2 amide bonds. The van der Waals surface area contributed by atoms with Crippen molar-refractivity contribution in [3.8, 4) is 11.1 Å². The second kappa shape index (κ2) is 15.0. The van der Waals surface area contributed by atoms with Crippen LogP contribution in [0.5, 0.6) is 0 Å². The minimum Gasteiger partial charge on any atom is -0.466 e. The first kappa shape index (κ1) is 34.5. The number of alkyl halides is 1. The van der Waals surface area contributed by atoms with Crippen LogP contribution in [-0.4, -0.2) is 60.6 Å². The van der Waals surface area contributed by atoms with E-state index >= 15 is 4.39 Å². The molecule has 0 saturated carbocycles. The molecular formula is C32H42F3N3O4. The molecule has 2 rings (SSSR count). The van der Waals surface area contributed by atoms with Crippen LogP contribution < -0.4 is 5.32 Å². The van der Waals surface area contributed by atoms with Crippen molar-refractivity contribution in [3.05, 3.63) is 70.9 Å². The van der Waals surface area contributed by atoms with Crippen LogP contribution in [0.1, 0.15) is 61.9 Å². The number of benzene rings is 2. The Bertz CT molecular complexity index is 1290. The Morgan fingerprint density at radius 3 is 2.12 bits per heavy atom.